The van der Waals surface area contributed by atoms with Gasteiger partial charge in [0.25, 0.3) is 0 Å². The van der Waals surface area contributed by atoms with Gasteiger partial charge in [0.2, 0.25) is 0 Å². The van der Waals surface area contributed by atoms with E-state index in [1.807, 2.05) is 35.7 Å². The van der Waals surface area contributed by atoms with Gasteiger partial charge in [0.1, 0.15) is 6.10 Å². The number of benzene rings is 1. The highest BCUT2D eigenvalue weighted by atomic mass is 32.1. The first-order valence-corrected chi connectivity index (χ1v) is 6.43. The molecule has 1 N–H and O–H groups in total. The molecule has 16 heavy (non-hydrogen) atoms. The Morgan fingerprint density at radius 2 is 1.62 bits per heavy atom. The van der Waals surface area contributed by atoms with E-state index in [9.17, 15) is 5.11 Å². The van der Waals surface area contributed by atoms with Gasteiger partial charge in [-0.1, -0.05) is 44.2 Å². The molecule has 2 rings (SSSR count). The molecule has 1 nitrogen and oxygen atoms in total. The maximum Gasteiger partial charge on any atom is 0.105 e. The predicted molar refractivity (Wildman–Crippen MR) is 68.9 cm³/mol. The Labute approximate surface area is 100 Å². The number of aliphatic hydroxyl groups excluding tert-OH is 1. The minimum absolute atomic E-state index is 0.458. The smallest absolute Gasteiger partial charge is 0.105 e. The zero-order valence-electron chi connectivity index (χ0n) is 9.55. The first kappa shape index (κ1) is 11.4. The summed E-state index contributed by atoms with van der Waals surface area (Å²) in [6.07, 6.45) is -0.496. The van der Waals surface area contributed by atoms with Crippen LogP contribution < -0.4 is 0 Å². The van der Waals surface area contributed by atoms with E-state index in [0.29, 0.717) is 5.92 Å². The highest BCUT2D eigenvalue weighted by molar-refractivity contribution is 7.08. The zero-order chi connectivity index (χ0) is 11.5. The second-order valence-corrected chi connectivity index (χ2v) is 4.99. The lowest BCUT2D eigenvalue weighted by molar-refractivity contribution is 0.219. The molecule has 1 heterocycles. The fraction of sp³-hybridized carbons (Fsp3) is 0.286. The molecule has 1 aromatic heterocycles. The summed E-state index contributed by atoms with van der Waals surface area (Å²) >= 11 is 1.66. The van der Waals surface area contributed by atoms with Crippen molar-refractivity contribution in [3.63, 3.8) is 0 Å². The van der Waals surface area contributed by atoms with Crippen LogP contribution in [-0.2, 0) is 0 Å². The Kier molecular flexibility index (Phi) is 3.42. The molecule has 1 aromatic carbocycles. The Morgan fingerprint density at radius 1 is 1.00 bits per heavy atom. The molecular formula is C14H16OS. The summed E-state index contributed by atoms with van der Waals surface area (Å²) < 4.78 is 0. The van der Waals surface area contributed by atoms with Crippen molar-refractivity contribution in [3.8, 4) is 0 Å². The Hall–Kier alpha value is -1.12. The fourth-order valence-electron chi connectivity index (χ4n) is 1.82. The molecule has 0 aliphatic carbocycles. The molecule has 1 atom stereocenters. The summed E-state index contributed by atoms with van der Waals surface area (Å²) in [5.41, 5.74) is 3.26. The standard InChI is InChI=1S/C14H16OS/c1-10(2)12-8-16-9-13(12)14(15)11-6-4-3-5-7-11/h3-10,14-15H,1-2H3. The molecular weight excluding hydrogens is 216 g/mol. The van der Waals surface area contributed by atoms with Crippen molar-refractivity contribution in [2.24, 2.45) is 0 Å². The van der Waals surface area contributed by atoms with Crippen molar-refractivity contribution >= 4 is 11.3 Å². The minimum atomic E-state index is -0.496. The van der Waals surface area contributed by atoms with Crippen LogP contribution in [-0.4, -0.2) is 5.11 Å². The number of aliphatic hydroxyl groups is 1. The summed E-state index contributed by atoms with van der Waals surface area (Å²) in [5, 5.41) is 14.5. The van der Waals surface area contributed by atoms with Crippen LogP contribution in [0.5, 0.6) is 0 Å². The monoisotopic (exact) mass is 232 g/mol. The third-order valence-corrected chi connectivity index (χ3v) is 3.54. The van der Waals surface area contributed by atoms with Gasteiger partial charge < -0.3 is 5.11 Å². The number of hydrogen-bond donors (Lipinski definition) is 1. The van der Waals surface area contributed by atoms with Crippen LogP contribution in [0.4, 0.5) is 0 Å². The first-order chi connectivity index (χ1) is 7.70. The van der Waals surface area contributed by atoms with Gasteiger partial charge in [0.15, 0.2) is 0 Å². The van der Waals surface area contributed by atoms with Crippen LogP contribution in [0.25, 0.3) is 0 Å². The Balaban J connectivity index is 2.34. The highest BCUT2D eigenvalue weighted by Crippen LogP contribution is 2.31. The van der Waals surface area contributed by atoms with Gasteiger partial charge in [0.05, 0.1) is 0 Å². The SMILES string of the molecule is CC(C)c1cscc1C(O)c1ccccc1. The van der Waals surface area contributed by atoms with Crippen LogP contribution in [0.3, 0.4) is 0 Å². The van der Waals surface area contributed by atoms with Crippen LogP contribution in [0, 0.1) is 0 Å². The summed E-state index contributed by atoms with van der Waals surface area (Å²) in [4.78, 5) is 0. The van der Waals surface area contributed by atoms with Crippen molar-refractivity contribution < 1.29 is 5.11 Å². The minimum Gasteiger partial charge on any atom is -0.384 e. The number of rotatable bonds is 3. The van der Waals surface area contributed by atoms with E-state index in [1.54, 1.807) is 11.3 Å². The quantitative estimate of drug-likeness (QED) is 0.849. The zero-order valence-corrected chi connectivity index (χ0v) is 10.4. The molecule has 0 aliphatic rings. The van der Waals surface area contributed by atoms with Crippen LogP contribution in [0.2, 0.25) is 0 Å². The molecule has 0 fully saturated rings. The fourth-order valence-corrected chi connectivity index (χ4v) is 2.86. The predicted octanol–water partition coefficient (Wildman–Crippen LogP) is 3.95. The molecule has 1 unspecified atom stereocenters. The molecule has 0 amide bonds. The highest BCUT2D eigenvalue weighted by Gasteiger charge is 2.16. The molecule has 0 saturated heterocycles. The second-order valence-electron chi connectivity index (χ2n) is 4.25. The van der Waals surface area contributed by atoms with Crippen molar-refractivity contribution in [2.45, 2.75) is 25.9 Å². The van der Waals surface area contributed by atoms with E-state index < -0.39 is 6.10 Å². The third-order valence-electron chi connectivity index (χ3n) is 2.76. The Bertz CT molecular complexity index is 445. The average Bonchev–Trinajstić information content (AvgIpc) is 2.78. The van der Waals surface area contributed by atoms with Crippen LogP contribution >= 0.6 is 11.3 Å². The molecule has 2 heteroatoms. The number of thiophene rings is 1. The molecule has 2 aromatic rings. The van der Waals surface area contributed by atoms with Gasteiger partial charge in [-0.3, -0.25) is 0 Å². The van der Waals surface area contributed by atoms with Crippen LogP contribution in [0.15, 0.2) is 41.1 Å². The second kappa shape index (κ2) is 4.81. The largest absolute Gasteiger partial charge is 0.384 e. The lowest BCUT2D eigenvalue weighted by atomic mass is 9.95. The first-order valence-electron chi connectivity index (χ1n) is 5.49. The van der Waals surface area contributed by atoms with E-state index in [4.69, 9.17) is 0 Å². The normalized spacial score (nSPS) is 13.0. The summed E-state index contributed by atoms with van der Waals surface area (Å²) in [5.74, 6) is 0.458. The van der Waals surface area contributed by atoms with E-state index in [-0.39, 0.29) is 0 Å². The maximum absolute atomic E-state index is 10.3. The van der Waals surface area contributed by atoms with Gasteiger partial charge in [-0.2, -0.15) is 11.3 Å². The van der Waals surface area contributed by atoms with Gasteiger partial charge in [-0.15, -0.1) is 0 Å². The summed E-state index contributed by atoms with van der Waals surface area (Å²) in [6.45, 7) is 4.31. The van der Waals surface area contributed by atoms with Crippen molar-refractivity contribution in [1.29, 1.82) is 0 Å². The molecule has 0 spiro atoms. The molecule has 0 saturated carbocycles. The van der Waals surface area contributed by atoms with E-state index in [2.05, 4.69) is 19.2 Å². The lowest BCUT2D eigenvalue weighted by Gasteiger charge is -2.14. The van der Waals surface area contributed by atoms with Gasteiger partial charge in [-0.25, -0.2) is 0 Å². The third kappa shape index (κ3) is 2.18. The van der Waals surface area contributed by atoms with E-state index in [1.165, 1.54) is 5.56 Å². The van der Waals surface area contributed by atoms with Gasteiger partial charge >= 0.3 is 0 Å². The van der Waals surface area contributed by atoms with Crippen molar-refractivity contribution in [1.82, 2.24) is 0 Å². The van der Waals surface area contributed by atoms with Crippen LogP contribution in [0.1, 0.15) is 42.6 Å². The topological polar surface area (TPSA) is 20.2 Å². The van der Waals surface area contributed by atoms with Crippen molar-refractivity contribution in [2.75, 3.05) is 0 Å². The Morgan fingerprint density at radius 3 is 2.25 bits per heavy atom. The van der Waals surface area contributed by atoms with Gasteiger partial charge in [-0.05, 0) is 33.4 Å². The van der Waals surface area contributed by atoms with E-state index in [0.717, 1.165) is 11.1 Å². The van der Waals surface area contributed by atoms with E-state index >= 15 is 0 Å². The maximum atomic E-state index is 10.3. The number of hydrogen-bond acceptors (Lipinski definition) is 2. The molecule has 84 valence electrons. The molecule has 0 bridgehead atoms. The average molecular weight is 232 g/mol. The molecule has 0 radical (unpaired) electrons. The van der Waals surface area contributed by atoms with Crippen molar-refractivity contribution in [3.05, 3.63) is 57.8 Å². The lowest BCUT2D eigenvalue weighted by Crippen LogP contribution is -2.02. The summed E-state index contributed by atoms with van der Waals surface area (Å²) in [6, 6.07) is 9.81. The van der Waals surface area contributed by atoms with Gasteiger partial charge in [0, 0.05) is 0 Å². The summed E-state index contributed by atoms with van der Waals surface area (Å²) in [7, 11) is 0. The molecule has 0 aliphatic heterocycles.